The van der Waals surface area contributed by atoms with Crippen LogP contribution < -0.4 is 4.72 Å². The molecule has 0 unspecified atom stereocenters. The summed E-state index contributed by atoms with van der Waals surface area (Å²) >= 11 is 0. The number of anilines is 1. The van der Waals surface area contributed by atoms with Gasteiger partial charge in [-0.05, 0) is 42.8 Å². The topological polar surface area (TPSA) is 110 Å². The van der Waals surface area contributed by atoms with Crippen molar-refractivity contribution in [2.45, 2.75) is 18.4 Å². The van der Waals surface area contributed by atoms with Crippen LogP contribution >= 0.6 is 0 Å². The highest BCUT2D eigenvalue weighted by molar-refractivity contribution is 7.92. The van der Waals surface area contributed by atoms with Gasteiger partial charge in [0.25, 0.3) is 21.6 Å². The molecule has 9 heteroatoms. The summed E-state index contributed by atoms with van der Waals surface area (Å²) in [5.41, 5.74) is 2.47. The molecule has 0 fully saturated rings. The van der Waals surface area contributed by atoms with Crippen molar-refractivity contribution in [2.75, 3.05) is 11.8 Å². The number of non-ortho nitro benzene ring substituents is 1. The molecule has 0 aliphatic heterocycles. The zero-order valence-electron chi connectivity index (χ0n) is 17.0. The van der Waals surface area contributed by atoms with Crippen molar-refractivity contribution in [3.05, 3.63) is 99.6 Å². The summed E-state index contributed by atoms with van der Waals surface area (Å²) in [7, 11) is -2.32. The van der Waals surface area contributed by atoms with Gasteiger partial charge in [-0.15, -0.1) is 0 Å². The molecule has 0 spiro atoms. The highest BCUT2D eigenvalue weighted by Crippen LogP contribution is 2.21. The van der Waals surface area contributed by atoms with Gasteiger partial charge in [-0.3, -0.25) is 19.6 Å². The molecule has 0 radical (unpaired) electrons. The minimum atomic E-state index is -4.01. The van der Waals surface area contributed by atoms with Gasteiger partial charge >= 0.3 is 0 Å². The number of carbonyl (C=O) groups is 1. The Kier molecular flexibility index (Phi) is 6.36. The quantitative estimate of drug-likeness (QED) is 0.442. The van der Waals surface area contributed by atoms with Crippen LogP contribution in [0.5, 0.6) is 0 Å². The number of nitrogens with one attached hydrogen (secondary N) is 1. The van der Waals surface area contributed by atoms with Gasteiger partial charge in [0.15, 0.2) is 0 Å². The maximum Gasteiger partial charge on any atom is 0.270 e. The fourth-order valence-electron chi connectivity index (χ4n) is 2.92. The summed E-state index contributed by atoms with van der Waals surface area (Å²) in [6.07, 6.45) is 0. The number of nitro groups is 1. The van der Waals surface area contributed by atoms with Crippen LogP contribution in [0.25, 0.3) is 0 Å². The number of nitro benzene ring substituents is 1. The Morgan fingerprint density at radius 1 is 1.03 bits per heavy atom. The van der Waals surface area contributed by atoms with E-state index in [0.29, 0.717) is 12.1 Å². The maximum atomic E-state index is 12.7. The van der Waals surface area contributed by atoms with Gasteiger partial charge in [-0.2, -0.15) is 0 Å². The van der Waals surface area contributed by atoms with Crippen LogP contribution in [0.15, 0.2) is 77.7 Å². The van der Waals surface area contributed by atoms with Crippen molar-refractivity contribution in [2.24, 2.45) is 0 Å². The molecule has 3 aromatic carbocycles. The SMILES string of the molecule is Cc1ccc(CN(C)C(=O)c2ccc(NS(=O)(=O)c3cccc([N+](=O)[O-])c3)cc2)cc1. The predicted octanol–water partition coefficient (Wildman–Crippen LogP) is 3.98. The van der Waals surface area contributed by atoms with Crippen LogP contribution in [-0.4, -0.2) is 31.2 Å². The third-order valence-corrected chi connectivity index (χ3v) is 5.99. The average Bonchev–Trinajstić information content (AvgIpc) is 2.75. The number of hydrogen-bond acceptors (Lipinski definition) is 5. The zero-order valence-corrected chi connectivity index (χ0v) is 17.8. The van der Waals surface area contributed by atoms with Gasteiger partial charge in [0, 0.05) is 37.0 Å². The lowest BCUT2D eigenvalue weighted by Gasteiger charge is -2.18. The first kappa shape index (κ1) is 22.0. The molecule has 3 rings (SSSR count). The predicted molar refractivity (Wildman–Crippen MR) is 117 cm³/mol. The number of rotatable bonds is 7. The minimum absolute atomic E-state index is 0.200. The minimum Gasteiger partial charge on any atom is -0.337 e. The summed E-state index contributed by atoms with van der Waals surface area (Å²) in [4.78, 5) is 24.2. The van der Waals surface area contributed by atoms with Gasteiger partial charge in [-0.25, -0.2) is 8.42 Å². The third kappa shape index (κ3) is 5.46. The van der Waals surface area contributed by atoms with Crippen LogP contribution in [0.3, 0.4) is 0 Å². The van der Waals surface area contributed by atoms with Crippen LogP contribution in [0, 0.1) is 17.0 Å². The van der Waals surface area contributed by atoms with E-state index in [9.17, 15) is 23.3 Å². The first-order valence-electron chi connectivity index (χ1n) is 9.34. The molecule has 8 nitrogen and oxygen atoms in total. The van der Waals surface area contributed by atoms with Gasteiger partial charge in [0.1, 0.15) is 0 Å². The monoisotopic (exact) mass is 439 g/mol. The van der Waals surface area contributed by atoms with E-state index < -0.39 is 14.9 Å². The van der Waals surface area contributed by atoms with Crippen molar-refractivity contribution in [3.63, 3.8) is 0 Å². The number of hydrogen-bond donors (Lipinski definition) is 1. The molecule has 0 heterocycles. The average molecular weight is 439 g/mol. The molecule has 0 saturated carbocycles. The Hall–Kier alpha value is -3.72. The van der Waals surface area contributed by atoms with E-state index in [-0.39, 0.29) is 22.2 Å². The summed E-state index contributed by atoms with van der Waals surface area (Å²) < 4.78 is 27.4. The molecule has 0 aliphatic rings. The van der Waals surface area contributed by atoms with Gasteiger partial charge in [0.2, 0.25) is 0 Å². The maximum absolute atomic E-state index is 12.7. The van der Waals surface area contributed by atoms with E-state index in [4.69, 9.17) is 0 Å². The van der Waals surface area contributed by atoms with Gasteiger partial charge < -0.3 is 4.90 Å². The fourth-order valence-corrected chi connectivity index (χ4v) is 4.02. The van der Waals surface area contributed by atoms with Crippen LogP contribution in [0.1, 0.15) is 21.5 Å². The van der Waals surface area contributed by atoms with Crippen molar-refractivity contribution in [1.82, 2.24) is 4.90 Å². The molecule has 0 atom stereocenters. The molecule has 0 saturated heterocycles. The largest absolute Gasteiger partial charge is 0.337 e. The number of nitrogens with zero attached hydrogens (tertiary/aromatic N) is 2. The summed E-state index contributed by atoms with van der Waals surface area (Å²) in [5, 5.41) is 10.9. The van der Waals surface area contributed by atoms with Crippen LogP contribution in [-0.2, 0) is 16.6 Å². The Morgan fingerprint density at radius 2 is 1.68 bits per heavy atom. The lowest BCUT2D eigenvalue weighted by atomic mass is 10.1. The summed E-state index contributed by atoms with van der Waals surface area (Å²) in [5.74, 6) is -0.200. The van der Waals surface area contributed by atoms with Crippen LogP contribution in [0.2, 0.25) is 0 Å². The fraction of sp³-hybridized carbons (Fsp3) is 0.136. The summed E-state index contributed by atoms with van der Waals surface area (Å²) in [6.45, 7) is 2.44. The second-order valence-corrected chi connectivity index (χ2v) is 8.77. The second-order valence-electron chi connectivity index (χ2n) is 7.08. The van der Waals surface area contributed by atoms with Crippen molar-refractivity contribution >= 4 is 27.3 Å². The highest BCUT2D eigenvalue weighted by Gasteiger charge is 2.18. The molecule has 0 bridgehead atoms. The van der Waals surface area contributed by atoms with Crippen molar-refractivity contribution in [1.29, 1.82) is 0 Å². The Labute approximate surface area is 180 Å². The molecular weight excluding hydrogens is 418 g/mol. The first-order chi connectivity index (χ1) is 14.7. The molecule has 160 valence electrons. The van der Waals surface area contributed by atoms with E-state index in [1.165, 1.54) is 42.5 Å². The Balaban J connectivity index is 1.70. The zero-order chi connectivity index (χ0) is 22.6. The standard InChI is InChI=1S/C22H21N3O5S/c1-16-6-8-17(9-7-16)15-24(2)22(26)18-10-12-19(13-11-18)23-31(29,30)21-5-3-4-20(14-21)25(27)28/h3-14,23H,15H2,1-2H3. The number of amides is 1. The number of benzene rings is 3. The Morgan fingerprint density at radius 3 is 2.29 bits per heavy atom. The number of aryl methyl sites for hydroxylation is 1. The molecule has 1 amide bonds. The van der Waals surface area contributed by atoms with Gasteiger partial charge in [-0.1, -0.05) is 35.9 Å². The molecule has 3 aromatic rings. The normalized spacial score (nSPS) is 11.0. The molecule has 1 N–H and O–H groups in total. The smallest absolute Gasteiger partial charge is 0.270 e. The molecule has 31 heavy (non-hydrogen) atoms. The molecule has 0 aromatic heterocycles. The third-order valence-electron chi connectivity index (χ3n) is 4.61. The van der Waals surface area contributed by atoms with Crippen LogP contribution in [0.4, 0.5) is 11.4 Å². The number of carbonyl (C=O) groups excluding carboxylic acids is 1. The number of sulfonamides is 1. The summed E-state index contributed by atoms with van der Waals surface area (Å²) in [6, 6.07) is 18.7. The molecule has 0 aliphatic carbocycles. The molecular formula is C22H21N3O5S. The first-order valence-corrected chi connectivity index (χ1v) is 10.8. The lowest BCUT2D eigenvalue weighted by Crippen LogP contribution is -2.26. The van der Waals surface area contributed by atoms with Crippen molar-refractivity contribution < 1.29 is 18.1 Å². The van der Waals surface area contributed by atoms with E-state index >= 15 is 0 Å². The second kappa shape index (κ2) is 8.97. The van der Waals surface area contributed by atoms with E-state index in [1.807, 2.05) is 31.2 Å². The van der Waals surface area contributed by atoms with Gasteiger partial charge in [0.05, 0.1) is 9.82 Å². The van der Waals surface area contributed by atoms with E-state index in [2.05, 4.69) is 4.72 Å². The van der Waals surface area contributed by atoms with E-state index in [1.54, 1.807) is 11.9 Å². The highest BCUT2D eigenvalue weighted by atomic mass is 32.2. The van der Waals surface area contributed by atoms with E-state index in [0.717, 1.165) is 17.2 Å². The van der Waals surface area contributed by atoms with Crippen molar-refractivity contribution in [3.8, 4) is 0 Å². The Bertz CT molecular complexity index is 1210. The lowest BCUT2D eigenvalue weighted by molar-refractivity contribution is -0.385.